The third-order valence-electron chi connectivity index (χ3n) is 2.90. The summed E-state index contributed by atoms with van der Waals surface area (Å²) >= 11 is 0. The van der Waals surface area contributed by atoms with Crippen LogP contribution in [0.3, 0.4) is 0 Å². The van der Waals surface area contributed by atoms with Crippen molar-refractivity contribution in [2.75, 3.05) is 6.61 Å². The summed E-state index contributed by atoms with van der Waals surface area (Å²) in [6, 6.07) is 6.52. The van der Waals surface area contributed by atoms with Crippen LogP contribution in [0.2, 0.25) is 0 Å². The van der Waals surface area contributed by atoms with Gasteiger partial charge in [0.1, 0.15) is 0 Å². The number of hydrogen-bond donors (Lipinski definition) is 3. The van der Waals surface area contributed by atoms with Crippen LogP contribution in [-0.4, -0.2) is 29.9 Å². The molecule has 0 aliphatic rings. The van der Waals surface area contributed by atoms with Crippen molar-refractivity contribution in [2.45, 2.75) is 24.5 Å². The number of sulfonamides is 1. The first kappa shape index (κ1) is 15.6. The predicted molar refractivity (Wildman–Crippen MR) is 77.7 cm³/mol. The number of rotatable bonds is 7. The summed E-state index contributed by atoms with van der Waals surface area (Å²) in [5, 5.41) is 21.2. The van der Waals surface area contributed by atoms with E-state index in [4.69, 9.17) is 10.2 Å². The van der Waals surface area contributed by atoms with E-state index in [9.17, 15) is 8.42 Å². The Morgan fingerprint density at radius 1 is 1.29 bits per heavy atom. The summed E-state index contributed by atoms with van der Waals surface area (Å²) in [6.07, 6.45) is 3.58. The van der Waals surface area contributed by atoms with Crippen LogP contribution in [0.4, 0.5) is 0 Å². The molecular weight excluding hydrogens is 292 g/mol. The molecule has 0 bridgehead atoms. The molecule has 0 saturated carbocycles. The van der Waals surface area contributed by atoms with Crippen molar-refractivity contribution in [2.24, 2.45) is 5.14 Å². The van der Waals surface area contributed by atoms with E-state index in [0.717, 1.165) is 11.1 Å². The topological polar surface area (TPSA) is 110 Å². The Morgan fingerprint density at radius 3 is 2.76 bits per heavy atom. The van der Waals surface area contributed by atoms with Crippen LogP contribution in [0.5, 0.6) is 0 Å². The van der Waals surface area contributed by atoms with Gasteiger partial charge < -0.3 is 10.4 Å². The van der Waals surface area contributed by atoms with Crippen molar-refractivity contribution in [3.05, 3.63) is 47.8 Å². The molecule has 4 N–H and O–H groups in total. The standard InChI is InChI=1S/C13H18N4O3S/c14-21(19,20)13-3-1-2-11(6-13)7-15-8-12-9-16-17(10-12)4-5-18/h1-3,6,9-10,15,18H,4-5,7-8H2,(H2,14,19,20). The number of benzene rings is 1. The van der Waals surface area contributed by atoms with Gasteiger partial charge in [0.05, 0.1) is 24.2 Å². The Kier molecular flexibility index (Phi) is 5.07. The maximum absolute atomic E-state index is 11.3. The smallest absolute Gasteiger partial charge is 0.238 e. The first-order chi connectivity index (χ1) is 9.99. The molecule has 0 spiro atoms. The molecule has 0 radical (unpaired) electrons. The highest BCUT2D eigenvalue weighted by Gasteiger charge is 2.07. The summed E-state index contributed by atoms with van der Waals surface area (Å²) in [6.45, 7) is 1.64. The minimum Gasteiger partial charge on any atom is -0.394 e. The van der Waals surface area contributed by atoms with Crippen molar-refractivity contribution < 1.29 is 13.5 Å². The largest absolute Gasteiger partial charge is 0.394 e. The number of aromatic nitrogens is 2. The lowest BCUT2D eigenvalue weighted by atomic mass is 10.2. The molecule has 8 heteroatoms. The Balaban J connectivity index is 1.91. The molecule has 114 valence electrons. The third-order valence-corrected chi connectivity index (χ3v) is 3.81. The molecule has 0 unspecified atom stereocenters. The quantitative estimate of drug-likeness (QED) is 0.656. The Bertz CT molecular complexity index is 697. The average Bonchev–Trinajstić information content (AvgIpc) is 2.86. The van der Waals surface area contributed by atoms with E-state index in [0.29, 0.717) is 19.6 Å². The minimum atomic E-state index is -3.67. The minimum absolute atomic E-state index is 0.0505. The van der Waals surface area contributed by atoms with Gasteiger partial charge in [0.2, 0.25) is 10.0 Å². The highest BCUT2D eigenvalue weighted by molar-refractivity contribution is 7.89. The Morgan fingerprint density at radius 2 is 2.05 bits per heavy atom. The first-order valence-electron chi connectivity index (χ1n) is 6.43. The zero-order valence-corrected chi connectivity index (χ0v) is 12.3. The molecule has 0 amide bonds. The van der Waals surface area contributed by atoms with Crippen LogP contribution < -0.4 is 10.5 Å². The zero-order chi connectivity index (χ0) is 15.3. The molecule has 0 aliphatic heterocycles. The first-order valence-corrected chi connectivity index (χ1v) is 7.98. The van der Waals surface area contributed by atoms with E-state index < -0.39 is 10.0 Å². The molecule has 1 aromatic carbocycles. The van der Waals surface area contributed by atoms with Gasteiger partial charge >= 0.3 is 0 Å². The molecule has 0 aliphatic carbocycles. The lowest BCUT2D eigenvalue weighted by molar-refractivity contribution is 0.269. The number of primary sulfonamides is 1. The van der Waals surface area contributed by atoms with Gasteiger partial charge in [-0.2, -0.15) is 5.10 Å². The fourth-order valence-corrected chi connectivity index (χ4v) is 2.49. The number of aliphatic hydroxyl groups is 1. The number of nitrogens with zero attached hydrogens (tertiary/aromatic N) is 2. The molecular formula is C13H18N4O3S. The fourth-order valence-electron chi connectivity index (χ4n) is 1.91. The zero-order valence-electron chi connectivity index (χ0n) is 11.4. The lowest BCUT2D eigenvalue weighted by Crippen LogP contribution is -2.15. The fraction of sp³-hybridized carbons (Fsp3) is 0.308. The average molecular weight is 310 g/mol. The van der Waals surface area contributed by atoms with Crippen LogP contribution >= 0.6 is 0 Å². The molecule has 0 atom stereocenters. The molecule has 2 aromatic rings. The molecule has 1 heterocycles. The maximum atomic E-state index is 11.3. The van der Waals surface area contributed by atoms with Crippen molar-refractivity contribution in [1.29, 1.82) is 0 Å². The number of nitrogens with one attached hydrogen (secondary N) is 1. The summed E-state index contributed by atoms with van der Waals surface area (Å²) in [7, 11) is -3.67. The van der Waals surface area contributed by atoms with Gasteiger partial charge in [0, 0.05) is 24.8 Å². The molecule has 1 aromatic heterocycles. The third kappa shape index (κ3) is 4.64. The second-order valence-electron chi connectivity index (χ2n) is 4.63. The summed E-state index contributed by atoms with van der Waals surface area (Å²) < 4.78 is 24.2. The van der Waals surface area contributed by atoms with E-state index >= 15 is 0 Å². The van der Waals surface area contributed by atoms with Crippen LogP contribution in [0, 0.1) is 0 Å². The van der Waals surface area contributed by atoms with Crippen molar-refractivity contribution in [1.82, 2.24) is 15.1 Å². The summed E-state index contributed by atoms with van der Waals surface area (Å²) in [4.78, 5) is 0.109. The van der Waals surface area contributed by atoms with Gasteiger partial charge in [-0.3, -0.25) is 4.68 Å². The Labute approximate surface area is 123 Å². The second-order valence-corrected chi connectivity index (χ2v) is 6.19. The number of aliphatic hydroxyl groups excluding tert-OH is 1. The predicted octanol–water partition coefficient (Wildman–Crippen LogP) is -0.187. The van der Waals surface area contributed by atoms with E-state index in [1.54, 1.807) is 23.0 Å². The van der Waals surface area contributed by atoms with Crippen LogP contribution in [0.25, 0.3) is 0 Å². The summed E-state index contributed by atoms with van der Waals surface area (Å²) in [5.74, 6) is 0. The molecule has 0 saturated heterocycles. The van der Waals surface area contributed by atoms with Crippen LogP contribution in [0.1, 0.15) is 11.1 Å². The van der Waals surface area contributed by atoms with Crippen LogP contribution in [0.15, 0.2) is 41.6 Å². The van der Waals surface area contributed by atoms with Gasteiger partial charge in [-0.1, -0.05) is 12.1 Å². The molecule has 2 rings (SSSR count). The van der Waals surface area contributed by atoms with E-state index in [-0.39, 0.29) is 11.5 Å². The molecule has 7 nitrogen and oxygen atoms in total. The lowest BCUT2D eigenvalue weighted by Gasteiger charge is -2.05. The van der Waals surface area contributed by atoms with E-state index in [2.05, 4.69) is 10.4 Å². The van der Waals surface area contributed by atoms with Gasteiger partial charge in [-0.05, 0) is 17.7 Å². The van der Waals surface area contributed by atoms with E-state index in [1.165, 1.54) is 6.07 Å². The van der Waals surface area contributed by atoms with Gasteiger partial charge in [0.25, 0.3) is 0 Å². The van der Waals surface area contributed by atoms with Gasteiger partial charge in [-0.15, -0.1) is 0 Å². The van der Waals surface area contributed by atoms with E-state index in [1.807, 2.05) is 12.3 Å². The van der Waals surface area contributed by atoms with Crippen molar-refractivity contribution >= 4 is 10.0 Å². The number of nitrogens with two attached hydrogens (primary N) is 1. The second kappa shape index (κ2) is 6.81. The van der Waals surface area contributed by atoms with Crippen LogP contribution in [-0.2, 0) is 29.7 Å². The van der Waals surface area contributed by atoms with Crippen molar-refractivity contribution in [3.63, 3.8) is 0 Å². The maximum Gasteiger partial charge on any atom is 0.238 e. The normalized spacial score (nSPS) is 11.7. The van der Waals surface area contributed by atoms with Gasteiger partial charge in [0.15, 0.2) is 0 Å². The highest BCUT2D eigenvalue weighted by atomic mass is 32.2. The van der Waals surface area contributed by atoms with Crippen molar-refractivity contribution in [3.8, 4) is 0 Å². The summed E-state index contributed by atoms with van der Waals surface area (Å²) in [5.41, 5.74) is 1.83. The molecule has 21 heavy (non-hydrogen) atoms. The number of hydrogen-bond acceptors (Lipinski definition) is 5. The molecule has 0 fully saturated rings. The van der Waals surface area contributed by atoms with Gasteiger partial charge in [-0.25, -0.2) is 13.6 Å². The monoisotopic (exact) mass is 310 g/mol. The Hall–Kier alpha value is -1.74. The highest BCUT2D eigenvalue weighted by Crippen LogP contribution is 2.09. The SMILES string of the molecule is NS(=O)(=O)c1cccc(CNCc2cnn(CCO)c2)c1.